The Morgan fingerprint density at radius 3 is 1.21 bits per heavy atom. The molecular weight excluding hydrogens is 851 g/mol. The third-order valence-corrected chi connectivity index (χ3v) is 14.6. The molecule has 0 N–H and O–H groups in total. The van der Waals surface area contributed by atoms with E-state index in [2.05, 4.69) is 241 Å². The maximum Gasteiger partial charge on any atom is 0.135 e. The van der Waals surface area contributed by atoms with E-state index >= 15 is 0 Å². The van der Waals surface area contributed by atoms with Crippen LogP contribution in [0.25, 0.3) is 88.4 Å². The molecule has 0 amide bonds. The summed E-state index contributed by atoms with van der Waals surface area (Å²) in [7, 11) is 0. The van der Waals surface area contributed by atoms with Crippen LogP contribution in [-0.4, -0.2) is 0 Å². The van der Waals surface area contributed by atoms with Crippen molar-refractivity contribution in [2.75, 3.05) is 4.90 Å². The van der Waals surface area contributed by atoms with Gasteiger partial charge >= 0.3 is 0 Å². The number of anilines is 3. The monoisotopic (exact) mass is 893 g/mol. The SMILES string of the molecule is c1ccc(C2(c3ccccc3)c3ccccc3-c3c(N(c4ccc(-c5ccc(-c6ccc7oc8ccccc8c7c6)cc5)cc4)c4ccc(-c5ccc6oc7ccccc7c6c5)cc4)cccc32)cc1. The van der Waals surface area contributed by atoms with Crippen molar-refractivity contribution in [2.45, 2.75) is 5.41 Å². The molecule has 0 atom stereocenters. The van der Waals surface area contributed by atoms with Crippen molar-refractivity contribution in [1.29, 1.82) is 0 Å². The minimum absolute atomic E-state index is 0.524. The van der Waals surface area contributed by atoms with Gasteiger partial charge in [0.15, 0.2) is 0 Å². The van der Waals surface area contributed by atoms with E-state index in [0.717, 1.165) is 83.2 Å². The van der Waals surface area contributed by atoms with Crippen LogP contribution in [0.3, 0.4) is 0 Å². The molecule has 2 heterocycles. The molecule has 0 unspecified atom stereocenters. The van der Waals surface area contributed by atoms with Crippen molar-refractivity contribution < 1.29 is 8.83 Å². The van der Waals surface area contributed by atoms with Gasteiger partial charge in [0, 0.05) is 38.5 Å². The fourth-order valence-electron chi connectivity index (χ4n) is 11.4. The van der Waals surface area contributed by atoms with Gasteiger partial charge in [0.25, 0.3) is 0 Å². The van der Waals surface area contributed by atoms with E-state index in [-0.39, 0.29) is 0 Å². The number of fused-ring (bicyclic) bond motifs is 9. The van der Waals surface area contributed by atoms with Crippen molar-refractivity contribution >= 4 is 60.9 Å². The Balaban J connectivity index is 0.895. The lowest BCUT2D eigenvalue weighted by molar-refractivity contribution is 0.668. The maximum atomic E-state index is 6.20. The Morgan fingerprint density at radius 2 is 0.686 bits per heavy atom. The van der Waals surface area contributed by atoms with Crippen LogP contribution in [0.15, 0.2) is 270 Å². The maximum absolute atomic E-state index is 6.20. The normalized spacial score (nSPS) is 12.7. The third-order valence-electron chi connectivity index (χ3n) is 14.6. The van der Waals surface area contributed by atoms with Gasteiger partial charge in [-0.05, 0) is 128 Å². The van der Waals surface area contributed by atoms with Gasteiger partial charge in [0.2, 0.25) is 0 Å². The first-order chi connectivity index (χ1) is 34.7. The smallest absolute Gasteiger partial charge is 0.135 e. The molecule has 328 valence electrons. The molecule has 2 aromatic heterocycles. The van der Waals surface area contributed by atoms with E-state index in [1.807, 2.05) is 24.3 Å². The molecule has 0 aliphatic heterocycles. The lowest BCUT2D eigenvalue weighted by Crippen LogP contribution is -2.28. The minimum atomic E-state index is -0.524. The van der Waals surface area contributed by atoms with Gasteiger partial charge < -0.3 is 13.7 Å². The highest BCUT2D eigenvalue weighted by Crippen LogP contribution is 2.59. The summed E-state index contributed by atoms with van der Waals surface area (Å²) in [4.78, 5) is 2.45. The van der Waals surface area contributed by atoms with Crippen LogP contribution in [0, 0.1) is 0 Å². The van der Waals surface area contributed by atoms with Crippen molar-refractivity contribution in [3.8, 4) is 44.5 Å². The zero-order chi connectivity index (χ0) is 46.2. The molecule has 0 radical (unpaired) electrons. The average molecular weight is 894 g/mol. The predicted molar refractivity (Wildman–Crippen MR) is 289 cm³/mol. The zero-order valence-electron chi connectivity index (χ0n) is 38.1. The Kier molecular flexibility index (Phi) is 9.11. The van der Waals surface area contributed by atoms with Gasteiger partial charge in [0.1, 0.15) is 22.3 Å². The Morgan fingerprint density at radius 1 is 0.286 bits per heavy atom. The van der Waals surface area contributed by atoms with Crippen LogP contribution >= 0.6 is 0 Å². The summed E-state index contributed by atoms with van der Waals surface area (Å²) < 4.78 is 12.3. The van der Waals surface area contributed by atoms with Crippen molar-refractivity contribution in [1.82, 2.24) is 0 Å². The molecule has 0 spiro atoms. The van der Waals surface area contributed by atoms with E-state index in [1.54, 1.807) is 0 Å². The molecule has 1 aliphatic rings. The number of hydrogen-bond acceptors (Lipinski definition) is 3. The van der Waals surface area contributed by atoms with Gasteiger partial charge in [-0.25, -0.2) is 0 Å². The first-order valence-corrected chi connectivity index (χ1v) is 24.0. The fourth-order valence-corrected chi connectivity index (χ4v) is 11.4. The molecule has 70 heavy (non-hydrogen) atoms. The molecule has 14 rings (SSSR count). The van der Waals surface area contributed by atoms with E-state index in [9.17, 15) is 0 Å². The average Bonchev–Trinajstić information content (AvgIpc) is 4.10. The summed E-state index contributed by atoms with van der Waals surface area (Å²) in [6.07, 6.45) is 0. The summed E-state index contributed by atoms with van der Waals surface area (Å²) in [6, 6.07) is 94.5. The summed E-state index contributed by atoms with van der Waals surface area (Å²) in [5, 5.41) is 4.52. The highest BCUT2D eigenvalue weighted by atomic mass is 16.3. The summed E-state index contributed by atoms with van der Waals surface area (Å²) in [5.74, 6) is 0. The highest BCUT2D eigenvalue weighted by Gasteiger charge is 2.47. The highest BCUT2D eigenvalue weighted by molar-refractivity contribution is 6.07. The molecule has 0 bridgehead atoms. The molecule has 0 saturated heterocycles. The standard InChI is InChI=1S/C67H43NO2/c1-3-14-50(15-4-1)67(51-16-5-2-6-17-51)59-21-10-7-20-56(59)66-60(67)22-13-23-61(66)68(53-38-32-47(33-39-53)49-35-41-65-58(43-49)55-19-9-12-25-63(55)70-65)52-36-30-45(31-37-52)44-26-28-46(29-27-44)48-34-40-64-57(42-48)54-18-8-11-24-62(54)69-64/h1-43H. The number of furan rings is 2. The number of benzene rings is 11. The Bertz CT molecular complexity index is 4050. The first kappa shape index (κ1) is 39.9. The van der Waals surface area contributed by atoms with Crippen LogP contribution in [0.5, 0.6) is 0 Å². The lowest BCUT2D eigenvalue weighted by Gasteiger charge is -2.34. The molecule has 3 heteroatoms. The second-order valence-electron chi connectivity index (χ2n) is 18.4. The van der Waals surface area contributed by atoms with Crippen LogP contribution in [0.2, 0.25) is 0 Å². The largest absolute Gasteiger partial charge is 0.456 e. The zero-order valence-corrected chi connectivity index (χ0v) is 38.1. The van der Waals surface area contributed by atoms with E-state index in [0.29, 0.717) is 0 Å². The van der Waals surface area contributed by atoms with E-state index in [4.69, 9.17) is 8.83 Å². The minimum Gasteiger partial charge on any atom is -0.456 e. The van der Waals surface area contributed by atoms with Crippen molar-refractivity contribution in [2.24, 2.45) is 0 Å². The van der Waals surface area contributed by atoms with Crippen LogP contribution in [-0.2, 0) is 5.41 Å². The summed E-state index contributed by atoms with van der Waals surface area (Å²) in [6.45, 7) is 0. The summed E-state index contributed by atoms with van der Waals surface area (Å²) >= 11 is 0. The topological polar surface area (TPSA) is 29.5 Å². The van der Waals surface area contributed by atoms with Gasteiger partial charge in [0.05, 0.1) is 11.1 Å². The van der Waals surface area contributed by atoms with E-state index in [1.165, 1.54) is 44.5 Å². The quantitative estimate of drug-likeness (QED) is 0.152. The fraction of sp³-hybridized carbons (Fsp3) is 0.0149. The van der Waals surface area contributed by atoms with Crippen molar-refractivity contribution in [3.05, 3.63) is 283 Å². The second kappa shape index (κ2) is 16.0. The van der Waals surface area contributed by atoms with Crippen LogP contribution in [0.4, 0.5) is 17.1 Å². The number of para-hydroxylation sites is 2. The molecule has 0 fully saturated rings. The molecule has 13 aromatic rings. The lowest BCUT2D eigenvalue weighted by atomic mass is 9.68. The first-order valence-electron chi connectivity index (χ1n) is 24.0. The van der Waals surface area contributed by atoms with Gasteiger partial charge in [-0.3, -0.25) is 0 Å². The number of nitrogens with zero attached hydrogens (tertiary/aromatic N) is 1. The van der Waals surface area contributed by atoms with E-state index < -0.39 is 5.41 Å². The van der Waals surface area contributed by atoms with Crippen molar-refractivity contribution in [3.63, 3.8) is 0 Å². The van der Waals surface area contributed by atoms with Crippen LogP contribution < -0.4 is 4.90 Å². The molecular formula is C67H43NO2. The summed E-state index contributed by atoms with van der Waals surface area (Å²) in [5.41, 5.74) is 20.8. The van der Waals surface area contributed by atoms with Gasteiger partial charge in [-0.15, -0.1) is 0 Å². The Labute approximate surface area is 405 Å². The molecule has 1 aliphatic carbocycles. The van der Waals surface area contributed by atoms with Gasteiger partial charge in [-0.2, -0.15) is 0 Å². The molecule has 3 nitrogen and oxygen atoms in total. The number of rotatable bonds is 8. The Hall–Kier alpha value is -9.18. The molecule has 0 saturated carbocycles. The number of hydrogen-bond donors (Lipinski definition) is 0. The third kappa shape index (κ3) is 6.22. The molecule has 11 aromatic carbocycles. The van der Waals surface area contributed by atoms with Gasteiger partial charge in [-0.1, -0.05) is 194 Å². The second-order valence-corrected chi connectivity index (χ2v) is 18.4. The van der Waals surface area contributed by atoms with Crippen LogP contribution in [0.1, 0.15) is 22.3 Å². The predicted octanol–water partition coefficient (Wildman–Crippen LogP) is 18.3.